The number of aliphatic hydroxyl groups excluding tert-OH is 2. The van der Waals surface area contributed by atoms with Gasteiger partial charge < -0.3 is 14.9 Å². The van der Waals surface area contributed by atoms with E-state index in [1.807, 2.05) is 32.2 Å². The third kappa shape index (κ3) is 6.34. The molecule has 2 heterocycles. The van der Waals surface area contributed by atoms with E-state index in [0.29, 0.717) is 18.7 Å². The first-order chi connectivity index (χ1) is 16.1. The van der Waals surface area contributed by atoms with E-state index in [9.17, 15) is 18.6 Å². The monoisotopic (exact) mass is 487 g/mol. The van der Waals surface area contributed by atoms with E-state index in [-0.39, 0.29) is 35.8 Å². The molecule has 1 aromatic heterocycles. The fourth-order valence-corrected chi connectivity index (χ4v) is 5.67. The van der Waals surface area contributed by atoms with Gasteiger partial charge in [-0.3, -0.25) is 9.88 Å². The van der Waals surface area contributed by atoms with Crippen LogP contribution >= 0.6 is 0 Å². The number of hydrogen-bond acceptors (Lipinski definition) is 7. The lowest BCUT2D eigenvalue weighted by Crippen LogP contribution is -2.49. The van der Waals surface area contributed by atoms with Crippen LogP contribution in [0, 0.1) is 17.8 Å². The average molecular weight is 488 g/mol. The first kappa shape index (κ1) is 26.1. The number of nitrogens with zero attached hydrogens (tertiary/aromatic N) is 3. The van der Waals surface area contributed by atoms with E-state index in [0.717, 1.165) is 5.69 Å². The molecule has 4 atom stereocenters. The molecule has 0 saturated heterocycles. The maximum Gasteiger partial charge on any atom is 0.247 e. The first-order valence-electron chi connectivity index (χ1n) is 11.3. The number of ether oxygens (including phenoxy) is 1. The number of pyridine rings is 1. The van der Waals surface area contributed by atoms with Crippen LogP contribution in [0.15, 0.2) is 47.5 Å². The van der Waals surface area contributed by atoms with Crippen molar-refractivity contribution in [1.82, 2.24) is 14.2 Å². The Balaban J connectivity index is 1.99. The molecule has 2 N–H and O–H groups in total. The summed E-state index contributed by atoms with van der Waals surface area (Å²) in [5.74, 6) is 5.59. The summed E-state index contributed by atoms with van der Waals surface area (Å²) in [4.78, 5) is 6.51. The van der Waals surface area contributed by atoms with Gasteiger partial charge in [-0.25, -0.2) is 8.42 Å². The Morgan fingerprint density at radius 1 is 1.29 bits per heavy atom. The van der Waals surface area contributed by atoms with Gasteiger partial charge >= 0.3 is 0 Å². The Kier molecular flexibility index (Phi) is 8.68. The predicted octanol–water partition coefficient (Wildman–Crippen LogP) is 1.71. The van der Waals surface area contributed by atoms with Crippen molar-refractivity contribution in [2.75, 3.05) is 26.7 Å². The van der Waals surface area contributed by atoms with Crippen LogP contribution in [0.3, 0.4) is 0 Å². The van der Waals surface area contributed by atoms with Crippen LogP contribution in [0.2, 0.25) is 0 Å². The molecule has 0 spiro atoms. The first-order valence-corrected chi connectivity index (χ1v) is 12.8. The second-order valence-corrected chi connectivity index (χ2v) is 10.7. The van der Waals surface area contributed by atoms with Crippen LogP contribution in [-0.2, 0) is 16.6 Å². The predicted molar refractivity (Wildman–Crippen MR) is 130 cm³/mol. The van der Waals surface area contributed by atoms with E-state index in [2.05, 4.69) is 21.7 Å². The summed E-state index contributed by atoms with van der Waals surface area (Å²) >= 11 is 0. The highest BCUT2D eigenvalue weighted by Crippen LogP contribution is 2.34. The molecule has 0 aliphatic carbocycles. The Morgan fingerprint density at radius 2 is 2.06 bits per heavy atom. The minimum Gasteiger partial charge on any atom is -0.487 e. The molecule has 184 valence electrons. The Morgan fingerprint density at radius 3 is 2.71 bits per heavy atom. The number of benzene rings is 1. The molecule has 2 aromatic rings. The van der Waals surface area contributed by atoms with E-state index >= 15 is 0 Å². The maximum absolute atomic E-state index is 13.5. The molecule has 3 rings (SSSR count). The molecular weight excluding hydrogens is 454 g/mol. The van der Waals surface area contributed by atoms with Crippen LogP contribution < -0.4 is 4.74 Å². The highest BCUT2D eigenvalue weighted by atomic mass is 32.2. The molecule has 0 amide bonds. The number of rotatable bonds is 6. The molecular formula is C25H33N3O5S. The van der Waals surface area contributed by atoms with E-state index in [1.54, 1.807) is 32.2 Å². The molecule has 1 aliphatic heterocycles. The highest BCUT2D eigenvalue weighted by Gasteiger charge is 2.38. The van der Waals surface area contributed by atoms with Crippen molar-refractivity contribution >= 4 is 10.0 Å². The average Bonchev–Trinajstić information content (AvgIpc) is 2.80. The Bertz CT molecular complexity index is 1130. The Labute approximate surface area is 202 Å². The van der Waals surface area contributed by atoms with E-state index < -0.39 is 22.2 Å². The second kappa shape index (κ2) is 11.3. The molecule has 1 aliphatic rings. The number of hydrogen-bond donors (Lipinski definition) is 2. The summed E-state index contributed by atoms with van der Waals surface area (Å²) in [5, 5.41) is 19.3. The second-order valence-electron chi connectivity index (χ2n) is 8.86. The summed E-state index contributed by atoms with van der Waals surface area (Å²) in [6.07, 6.45) is 0.625. The van der Waals surface area contributed by atoms with Gasteiger partial charge in [-0.2, -0.15) is 4.31 Å². The molecule has 8 nitrogen and oxygen atoms in total. The number of aliphatic hydroxyl groups is 2. The third-order valence-corrected chi connectivity index (χ3v) is 7.76. The normalized spacial score (nSPS) is 21.9. The van der Waals surface area contributed by atoms with Crippen LogP contribution in [0.25, 0.3) is 0 Å². The van der Waals surface area contributed by atoms with Crippen molar-refractivity contribution in [1.29, 1.82) is 0 Å². The number of likely N-dealkylation sites (N-methyl/N-ethyl adjacent to an activating group) is 1. The molecule has 0 bridgehead atoms. The zero-order valence-electron chi connectivity index (χ0n) is 20.0. The molecule has 9 heteroatoms. The van der Waals surface area contributed by atoms with Crippen molar-refractivity contribution < 1.29 is 23.4 Å². The van der Waals surface area contributed by atoms with Crippen molar-refractivity contribution in [3.05, 3.63) is 53.9 Å². The maximum atomic E-state index is 13.5. The number of sulfonamides is 1. The summed E-state index contributed by atoms with van der Waals surface area (Å²) in [5.41, 5.74) is 1.48. The van der Waals surface area contributed by atoms with E-state index in [4.69, 9.17) is 4.74 Å². The smallest absolute Gasteiger partial charge is 0.247 e. The highest BCUT2D eigenvalue weighted by molar-refractivity contribution is 7.89. The van der Waals surface area contributed by atoms with Gasteiger partial charge in [0.25, 0.3) is 0 Å². The van der Waals surface area contributed by atoms with Crippen LogP contribution in [0.1, 0.15) is 32.0 Å². The number of aromatic nitrogens is 1. The van der Waals surface area contributed by atoms with Gasteiger partial charge in [0.05, 0.1) is 12.3 Å². The summed E-state index contributed by atoms with van der Waals surface area (Å²) in [6, 6.07) is 9.88. The quantitative estimate of drug-likeness (QED) is 0.598. The van der Waals surface area contributed by atoms with Gasteiger partial charge in [-0.1, -0.05) is 24.8 Å². The van der Waals surface area contributed by atoms with Crippen molar-refractivity contribution in [2.24, 2.45) is 5.92 Å². The van der Waals surface area contributed by atoms with Crippen molar-refractivity contribution in [3.63, 3.8) is 0 Å². The third-order valence-electron chi connectivity index (χ3n) is 5.74. The molecule has 0 radical (unpaired) electrons. The topological polar surface area (TPSA) is 103 Å². The van der Waals surface area contributed by atoms with Crippen molar-refractivity contribution in [3.8, 4) is 17.6 Å². The lowest BCUT2D eigenvalue weighted by atomic mass is 10.0. The van der Waals surface area contributed by atoms with Crippen molar-refractivity contribution in [2.45, 2.75) is 50.5 Å². The van der Waals surface area contributed by atoms with E-state index in [1.165, 1.54) is 10.4 Å². The van der Waals surface area contributed by atoms with Crippen LogP contribution in [0.4, 0.5) is 0 Å². The lowest BCUT2D eigenvalue weighted by Gasteiger charge is -2.37. The minimum absolute atomic E-state index is 0.0414. The van der Waals surface area contributed by atoms with Gasteiger partial charge in [0, 0.05) is 43.4 Å². The summed E-state index contributed by atoms with van der Waals surface area (Å²) in [7, 11) is -1.94. The SMILES string of the molecule is C[C@H](O)C#Cc1ccc2c(c1)O[C@@H](CN(C)Cc1ccccn1)[C@@H](C)CN([C@H](C)CO)S2(=O)=O. The fraction of sp³-hybridized carbons (Fsp3) is 0.480. The van der Waals surface area contributed by atoms with Gasteiger partial charge in [0.2, 0.25) is 10.0 Å². The summed E-state index contributed by atoms with van der Waals surface area (Å²) in [6.45, 7) is 6.30. The standard InChI is InChI=1S/C25H33N3O5S/c1-18-14-28(19(2)17-29)34(31,32)25-11-10-21(9-8-20(3)30)13-23(25)33-24(18)16-27(4)15-22-7-5-6-12-26-22/h5-7,10-13,18-20,24,29-30H,14-17H2,1-4H3/t18-,19+,20-,24-/m0/s1. The molecule has 1 aromatic carbocycles. The van der Waals surface area contributed by atoms with Gasteiger partial charge in [-0.05, 0) is 51.2 Å². The zero-order valence-corrected chi connectivity index (χ0v) is 20.9. The molecule has 34 heavy (non-hydrogen) atoms. The van der Waals surface area contributed by atoms with Crippen LogP contribution in [-0.4, -0.2) is 77.8 Å². The minimum atomic E-state index is -3.91. The fourth-order valence-electron chi connectivity index (χ4n) is 3.85. The van der Waals surface area contributed by atoms with Gasteiger partial charge in [0.1, 0.15) is 22.9 Å². The zero-order chi connectivity index (χ0) is 24.9. The van der Waals surface area contributed by atoms with Gasteiger partial charge in [0.15, 0.2) is 0 Å². The Hall–Kier alpha value is -2.48. The summed E-state index contributed by atoms with van der Waals surface area (Å²) < 4.78 is 34.7. The molecule has 0 unspecified atom stereocenters. The molecule has 0 saturated carbocycles. The molecule has 0 fully saturated rings. The van der Waals surface area contributed by atoms with Crippen LogP contribution in [0.5, 0.6) is 5.75 Å². The number of fused-ring (bicyclic) bond motifs is 1. The lowest BCUT2D eigenvalue weighted by molar-refractivity contribution is 0.0730. The van der Waals surface area contributed by atoms with Gasteiger partial charge in [-0.15, -0.1) is 0 Å². The largest absolute Gasteiger partial charge is 0.487 e.